The first-order chi connectivity index (χ1) is 15.6. The van der Waals surface area contributed by atoms with Crippen molar-refractivity contribution < 1.29 is 17.9 Å². The molecule has 1 aromatic carbocycles. The molecule has 0 aliphatic heterocycles. The van der Waals surface area contributed by atoms with Crippen LogP contribution in [0.3, 0.4) is 0 Å². The lowest BCUT2D eigenvalue weighted by molar-refractivity contribution is 0.284. The molecule has 2 nitrogen and oxygen atoms in total. The quantitative estimate of drug-likeness (QED) is 0.239. The van der Waals surface area contributed by atoms with Gasteiger partial charge in [-0.15, -0.1) is 0 Å². The Morgan fingerprint density at radius 2 is 1.53 bits per heavy atom. The Bertz CT molecular complexity index is 779. The molecule has 0 N–H and O–H groups in total. The second-order valence-corrected chi connectivity index (χ2v) is 8.54. The summed E-state index contributed by atoms with van der Waals surface area (Å²) in [6, 6.07) is 6.52. The van der Waals surface area contributed by atoms with Crippen molar-refractivity contribution in [2.24, 2.45) is 0 Å². The van der Waals surface area contributed by atoms with E-state index in [-0.39, 0.29) is 11.3 Å². The first-order valence-electron chi connectivity index (χ1n) is 12.3. The van der Waals surface area contributed by atoms with Gasteiger partial charge in [0.15, 0.2) is 11.6 Å². The Hall–Kier alpha value is -2.04. The molecule has 1 atom stereocenters. The molecule has 0 amide bonds. The number of rotatable bonds is 16. The zero-order valence-electron chi connectivity index (χ0n) is 19.6. The number of unbranched alkanes of at least 4 members (excludes halogenated alkanes) is 6. The van der Waals surface area contributed by atoms with Gasteiger partial charge in [-0.05, 0) is 55.9 Å². The average molecular weight is 450 g/mol. The van der Waals surface area contributed by atoms with Gasteiger partial charge in [-0.3, -0.25) is 4.98 Å². The van der Waals surface area contributed by atoms with Gasteiger partial charge in [0.2, 0.25) is 5.82 Å². The Kier molecular flexibility index (Phi) is 12.2. The number of hydrogen-bond donors (Lipinski definition) is 0. The van der Waals surface area contributed by atoms with Crippen molar-refractivity contribution >= 4 is 0 Å². The predicted octanol–water partition coefficient (Wildman–Crippen LogP) is 8.62. The highest BCUT2D eigenvalue weighted by Gasteiger charge is 2.16. The summed E-state index contributed by atoms with van der Waals surface area (Å²) in [5.74, 6) is -1.97. The number of hydrogen-bond acceptors (Lipinski definition) is 2. The third-order valence-corrected chi connectivity index (χ3v) is 5.76. The van der Waals surface area contributed by atoms with Crippen molar-refractivity contribution in [3.8, 4) is 17.0 Å². The van der Waals surface area contributed by atoms with E-state index in [0.717, 1.165) is 50.5 Å². The zero-order valence-corrected chi connectivity index (χ0v) is 19.6. The molecule has 5 heteroatoms. The van der Waals surface area contributed by atoms with Crippen LogP contribution in [-0.4, -0.2) is 17.8 Å². The molecular weight excluding hydrogens is 411 g/mol. The molecule has 1 aromatic heterocycles. The maximum Gasteiger partial charge on any atom is 0.201 e. The Morgan fingerprint density at radius 3 is 2.25 bits per heavy atom. The van der Waals surface area contributed by atoms with Crippen LogP contribution >= 0.6 is 0 Å². The van der Waals surface area contributed by atoms with Gasteiger partial charge in [-0.1, -0.05) is 64.9 Å². The SMILES string of the molecule is CCCCCCCCOc1ccc(-c2ccc(CCCC(F)CCCC)cn2)c(F)c1F. The molecule has 2 rings (SSSR count). The fourth-order valence-corrected chi connectivity index (χ4v) is 3.73. The van der Waals surface area contributed by atoms with Gasteiger partial charge < -0.3 is 4.74 Å². The number of alkyl halides is 1. The first-order valence-corrected chi connectivity index (χ1v) is 12.3. The van der Waals surface area contributed by atoms with Crippen molar-refractivity contribution in [1.82, 2.24) is 4.98 Å². The Morgan fingerprint density at radius 1 is 0.812 bits per heavy atom. The Labute approximate surface area is 191 Å². The first kappa shape index (κ1) is 26.2. The largest absolute Gasteiger partial charge is 0.490 e. The summed E-state index contributed by atoms with van der Waals surface area (Å²) >= 11 is 0. The Balaban J connectivity index is 1.85. The number of aryl methyl sites for hydroxylation is 1. The fourth-order valence-electron chi connectivity index (χ4n) is 3.73. The third kappa shape index (κ3) is 8.84. The number of nitrogens with zero attached hydrogens (tertiary/aromatic N) is 1. The predicted molar refractivity (Wildman–Crippen MR) is 126 cm³/mol. The van der Waals surface area contributed by atoms with Gasteiger partial charge >= 0.3 is 0 Å². The van der Waals surface area contributed by atoms with Crippen LogP contribution in [0.4, 0.5) is 13.2 Å². The molecule has 0 saturated heterocycles. The van der Waals surface area contributed by atoms with E-state index in [1.807, 2.05) is 6.07 Å². The normalized spacial score (nSPS) is 12.2. The topological polar surface area (TPSA) is 22.1 Å². The van der Waals surface area contributed by atoms with E-state index in [0.29, 0.717) is 25.1 Å². The van der Waals surface area contributed by atoms with E-state index < -0.39 is 17.8 Å². The average Bonchev–Trinajstić information content (AvgIpc) is 2.80. The van der Waals surface area contributed by atoms with Crippen LogP contribution in [-0.2, 0) is 6.42 Å². The molecule has 0 spiro atoms. The molecule has 0 radical (unpaired) electrons. The van der Waals surface area contributed by atoms with Crippen LogP contribution < -0.4 is 4.74 Å². The van der Waals surface area contributed by atoms with E-state index in [4.69, 9.17) is 4.74 Å². The van der Waals surface area contributed by atoms with Gasteiger partial charge in [-0.2, -0.15) is 4.39 Å². The molecule has 0 bridgehead atoms. The van der Waals surface area contributed by atoms with E-state index in [1.54, 1.807) is 12.3 Å². The highest BCUT2D eigenvalue weighted by molar-refractivity contribution is 5.61. The minimum Gasteiger partial charge on any atom is -0.490 e. The fraction of sp³-hybridized carbons (Fsp3) is 0.593. The van der Waals surface area contributed by atoms with Crippen LogP contribution in [0.2, 0.25) is 0 Å². The monoisotopic (exact) mass is 449 g/mol. The van der Waals surface area contributed by atoms with Crippen molar-refractivity contribution in [3.63, 3.8) is 0 Å². The lowest BCUT2D eigenvalue weighted by Gasteiger charge is -2.11. The molecule has 32 heavy (non-hydrogen) atoms. The summed E-state index contributed by atoms with van der Waals surface area (Å²) in [4.78, 5) is 4.30. The van der Waals surface area contributed by atoms with Crippen molar-refractivity contribution in [2.45, 2.75) is 97.1 Å². The van der Waals surface area contributed by atoms with Crippen LogP contribution in [0.15, 0.2) is 30.5 Å². The van der Waals surface area contributed by atoms with Crippen LogP contribution in [0, 0.1) is 11.6 Å². The molecule has 1 heterocycles. The maximum absolute atomic E-state index is 14.6. The van der Waals surface area contributed by atoms with Gasteiger partial charge in [-0.25, -0.2) is 8.78 Å². The number of ether oxygens (including phenoxy) is 1. The van der Waals surface area contributed by atoms with Crippen LogP contribution in [0.25, 0.3) is 11.3 Å². The summed E-state index contributed by atoms with van der Waals surface area (Å²) < 4.78 is 48.3. The van der Waals surface area contributed by atoms with Gasteiger partial charge in [0.1, 0.15) is 6.17 Å². The summed E-state index contributed by atoms with van der Waals surface area (Å²) in [5, 5.41) is 0. The summed E-state index contributed by atoms with van der Waals surface area (Å²) in [5.41, 5.74) is 1.46. The highest BCUT2D eigenvalue weighted by Crippen LogP contribution is 2.29. The second-order valence-electron chi connectivity index (χ2n) is 8.54. The number of aromatic nitrogens is 1. The minimum absolute atomic E-state index is 0.0553. The van der Waals surface area contributed by atoms with E-state index in [1.165, 1.54) is 31.4 Å². The molecule has 0 aliphatic rings. The lowest BCUT2D eigenvalue weighted by atomic mass is 10.0. The molecule has 0 fully saturated rings. The molecular formula is C27H38F3NO. The van der Waals surface area contributed by atoms with Gasteiger partial charge in [0.05, 0.1) is 12.3 Å². The van der Waals surface area contributed by atoms with Crippen LogP contribution in [0.5, 0.6) is 5.75 Å². The maximum atomic E-state index is 14.6. The molecule has 178 valence electrons. The van der Waals surface area contributed by atoms with E-state index >= 15 is 0 Å². The van der Waals surface area contributed by atoms with Crippen molar-refractivity contribution in [3.05, 3.63) is 47.7 Å². The third-order valence-electron chi connectivity index (χ3n) is 5.76. The van der Waals surface area contributed by atoms with E-state index in [9.17, 15) is 13.2 Å². The molecule has 1 unspecified atom stereocenters. The smallest absolute Gasteiger partial charge is 0.201 e. The standard InChI is InChI=1S/C27H38F3NO/c1-3-5-7-8-9-10-19-32-25-18-16-23(26(29)27(25)30)24-17-15-21(20-31-24)12-11-14-22(28)13-6-4-2/h15-18,20,22H,3-14,19H2,1-2H3. The summed E-state index contributed by atoms with van der Waals surface area (Å²) in [7, 11) is 0. The number of benzene rings is 1. The lowest BCUT2D eigenvalue weighted by Crippen LogP contribution is -2.02. The number of pyridine rings is 1. The number of halogens is 3. The van der Waals surface area contributed by atoms with Gasteiger partial charge in [0.25, 0.3) is 0 Å². The van der Waals surface area contributed by atoms with Gasteiger partial charge in [0, 0.05) is 11.8 Å². The van der Waals surface area contributed by atoms with E-state index in [2.05, 4.69) is 18.8 Å². The molecule has 2 aromatic rings. The highest BCUT2D eigenvalue weighted by atomic mass is 19.2. The zero-order chi connectivity index (χ0) is 23.2. The molecule has 0 aliphatic carbocycles. The minimum atomic E-state index is -0.972. The summed E-state index contributed by atoms with van der Waals surface area (Å²) in [6.45, 7) is 4.62. The van der Waals surface area contributed by atoms with Crippen molar-refractivity contribution in [1.29, 1.82) is 0 Å². The summed E-state index contributed by atoms with van der Waals surface area (Å²) in [6.07, 6.45) is 12.1. The second kappa shape index (κ2) is 14.9. The molecule has 0 saturated carbocycles. The van der Waals surface area contributed by atoms with Crippen LogP contribution in [0.1, 0.15) is 90.0 Å². The van der Waals surface area contributed by atoms with Crippen molar-refractivity contribution in [2.75, 3.05) is 6.61 Å².